The third-order valence-electron chi connectivity index (χ3n) is 4.48. The highest BCUT2D eigenvalue weighted by molar-refractivity contribution is 6.42. The lowest BCUT2D eigenvalue weighted by Gasteiger charge is -2.30. The maximum absolute atomic E-state index is 12.8. The average molecular weight is 343 g/mol. The van der Waals surface area contributed by atoms with Crippen molar-refractivity contribution >= 4 is 29.1 Å². The van der Waals surface area contributed by atoms with Crippen molar-refractivity contribution in [2.24, 2.45) is 0 Å². The van der Waals surface area contributed by atoms with Gasteiger partial charge in [-0.3, -0.25) is 4.79 Å². The summed E-state index contributed by atoms with van der Waals surface area (Å²) < 4.78 is 5.78. The van der Waals surface area contributed by atoms with Gasteiger partial charge < -0.3 is 15.0 Å². The Balaban J connectivity index is 1.73. The predicted molar refractivity (Wildman–Crippen MR) is 87.7 cm³/mol. The molecule has 2 heterocycles. The number of nitrogens with zero attached hydrogens (tertiary/aromatic N) is 1. The normalized spacial score (nSPS) is 25.7. The van der Waals surface area contributed by atoms with E-state index in [1.54, 1.807) is 25.1 Å². The van der Waals surface area contributed by atoms with Crippen LogP contribution in [0, 0.1) is 0 Å². The molecule has 2 fully saturated rings. The van der Waals surface area contributed by atoms with E-state index in [2.05, 4.69) is 5.32 Å². The van der Waals surface area contributed by atoms with Crippen LogP contribution >= 0.6 is 23.2 Å². The summed E-state index contributed by atoms with van der Waals surface area (Å²) in [5.41, 5.74) is 0. The molecule has 2 aliphatic heterocycles. The first-order valence-corrected chi connectivity index (χ1v) is 8.47. The largest absolute Gasteiger partial charge is 0.479 e. The van der Waals surface area contributed by atoms with Crippen LogP contribution in [-0.2, 0) is 4.79 Å². The summed E-state index contributed by atoms with van der Waals surface area (Å²) in [7, 11) is 0. The SMILES string of the molecule is CC(Oc1cccc(Cl)c1Cl)C(=O)N1C2CCNCC1CC2. The van der Waals surface area contributed by atoms with E-state index in [-0.39, 0.29) is 11.9 Å². The molecule has 1 amide bonds. The lowest BCUT2D eigenvalue weighted by atomic mass is 10.1. The first kappa shape index (κ1) is 15.9. The molecule has 0 spiro atoms. The molecule has 120 valence electrons. The Bertz CT molecular complexity index is 553. The van der Waals surface area contributed by atoms with Crippen LogP contribution in [0.15, 0.2) is 18.2 Å². The Morgan fingerprint density at radius 1 is 1.32 bits per heavy atom. The monoisotopic (exact) mass is 342 g/mol. The van der Waals surface area contributed by atoms with Gasteiger partial charge in [-0.2, -0.15) is 0 Å². The van der Waals surface area contributed by atoms with Crippen LogP contribution in [0.25, 0.3) is 0 Å². The molecule has 0 radical (unpaired) electrons. The highest BCUT2D eigenvalue weighted by Gasteiger charge is 2.40. The molecular formula is C16H20Cl2N2O2. The molecule has 0 aliphatic carbocycles. The third-order valence-corrected chi connectivity index (χ3v) is 5.28. The average Bonchev–Trinajstić information content (AvgIpc) is 2.76. The third kappa shape index (κ3) is 3.05. The van der Waals surface area contributed by atoms with Crippen molar-refractivity contribution in [3.8, 4) is 5.75 Å². The minimum absolute atomic E-state index is 0.0345. The summed E-state index contributed by atoms with van der Waals surface area (Å²) in [6.45, 7) is 3.62. The fourth-order valence-corrected chi connectivity index (χ4v) is 3.70. The summed E-state index contributed by atoms with van der Waals surface area (Å²) in [5, 5.41) is 4.18. The maximum Gasteiger partial charge on any atom is 0.263 e. The first-order valence-electron chi connectivity index (χ1n) is 7.71. The summed E-state index contributed by atoms with van der Waals surface area (Å²) in [5.74, 6) is 0.488. The van der Waals surface area contributed by atoms with Crippen molar-refractivity contribution in [1.29, 1.82) is 0 Å². The van der Waals surface area contributed by atoms with Gasteiger partial charge in [0.15, 0.2) is 6.10 Å². The molecule has 3 unspecified atom stereocenters. The molecule has 1 aromatic carbocycles. The fourth-order valence-electron chi connectivity index (χ4n) is 3.37. The molecule has 1 aromatic rings. The zero-order chi connectivity index (χ0) is 15.7. The Morgan fingerprint density at radius 2 is 2.09 bits per heavy atom. The molecule has 3 atom stereocenters. The van der Waals surface area contributed by atoms with Crippen molar-refractivity contribution in [1.82, 2.24) is 10.2 Å². The Morgan fingerprint density at radius 3 is 2.91 bits per heavy atom. The highest BCUT2D eigenvalue weighted by atomic mass is 35.5. The van der Waals surface area contributed by atoms with Crippen molar-refractivity contribution in [3.63, 3.8) is 0 Å². The fraction of sp³-hybridized carbons (Fsp3) is 0.562. The van der Waals surface area contributed by atoms with Crippen LogP contribution in [0.5, 0.6) is 5.75 Å². The predicted octanol–water partition coefficient (Wildman–Crippen LogP) is 3.11. The van der Waals surface area contributed by atoms with E-state index in [1.807, 2.05) is 4.90 Å². The van der Waals surface area contributed by atoms with Gasteiger partial charge in [0, 0.05) is 18.6 Å². The second-order valence-electron chi connectivity index (χ2n) is 5.94. The van der Waals surface area contributed by atoms with Gasteiger partial charge in [0.2, 0.25) is 0 Å². The number of hydrogen-bond acceptors (Lipinski definition) is 3. The minimum Gasteiger partial charge on any atom is -0.479 e. The van der Waals surface area contributed by atoms with Crippen molar-refractivity contribution in [2.75, 3.05) is 13.1 Å². The van der Waals surface area contributed by atoms with Crippen LogP contribution in [-0.4, -0.2) is 42.1 Å². The summed E-state index contributed by atoms with van der Waals surface area (Å²) >= 11 is 12.1. The molecular weight excluding hydrogens is 323 g/mol. The van der Waals surface area contributed by atoms with Gasteiger partial charge in [-0.1, -0.05) is 29.3 Å². The van der Waals surface area contributed by atoms with Gasteiger partial charge in [-0.25, -0.2) is 0 Å². The second-order valence-corrected chi connectivity index (χ2v) is 6.72. The van der Waals surface area contributed by atoms with E-state index in [0.717, 1.165) is 32.4 Å². The highest BCUT2D eigenvalue weighted by Crippen LogP contribution is 2.33. The topological polar surface area (TPSA) is 41.6 Å². The van der Waals surface area contributed by atoms with E-state index in [1.165, 1.54) is 0 Å². The van der Waals surface area contributed by atoms with Crippen LogP contribution in [0.3, 0.4) is 0 Å². The molecule has 1 N–H and O–H groups in total. The molecule has 2 saturated heterocycles. The van der Waals surface area contributed by atoms with Gasteiger partial charge >= 0.3 is 0 Å². The quantitative estimate of drug-likeness (QED) is 0.917. The molecule has 22 heavy (non-hydrogen) atoms. The minimum atomic E-state index is -0.572. The molecule has 2 bridgehead atoms. The molecule has 4 nitrogen and oxygen atoms in total. The maximum atomic E-state index is 12.8. The Hall–Kier alpha value is -0.970. The van der Waals surface area contributed by atoms with Crippen LogP contribution in [0.4, 0.5) is 0 Å². The number of halogens is 2. The lowest BCUT2D eigenvalue weighted by Crippen LogP contribution is -2.48. The molecule has 0 saturated carbocycles. The van der Waals surface area contributed by atoms with E-state index in [4.69, 9.17) is 27.9 Å². The number of carbonyl (C=O) groups excluding carboxylic acids is 1. The van der Waals surface area contributed by atoms with Gasteiger partial charge in [0.25, 0.3) is 5.91 Å². The van der Waals surface area contributed by atoms with Crippen molar-refractivity contribution in [2.45, 2.75) is 44.4 Å². The van der Waals surface area contributed by atoms with Crippen LogP contribution in [0.1, 0.15) is 26.2 Å². The summed E-state index contributed by atoms with van der Waals surface area (Å²) in [6.07, 6.45) is 2.58. The Kier molecular flexibility index (Phi) is 4.81. The van der Waals surface area contributed by atoms with E-state index in [0.29, 0.717) is 21.8 Å². The smallest absolute Gasteiger partial charge is 0.263 e. The zero-order valence-electron chi connectivity index (χ0n) is 12.5. The number of benzene rings is 1. The number of ether oxygens (including phenoxy) is 1. The molecule has 2 aliphatic rings. The van der Waals surface area contributed by atoms with Crippen molar-refractivity contribution in [3.05, 3.63) is 28.2 Å². The van der Waals surface area contributed by atoms with Gasteiger partial charge in [-0.05, 0) is 44.9 Å². The first-order chi connectivity index (χ1) is 10.6. The number of hydrogen-bond donors (Lipinski definition) is 1. The van der Waals surface area contributed by atoms with Gasteiger partial charge in [0.05, 0.1) is 5.02 Å². The van der Waals surface area contributed by atoms with E-state index < -0.39 is 6.10 Å². The molecule has 6 heteroatoms. The van der Waals surface area contributed by atoms with Crippen LogP contribution in [0.2, 0.25) is 10.0 Å². The number of nitrogens with one attached hydrogen (secondary N) is 1. The van der Waals surface area contributed by atoms with Gasteiger partial charge in [-0.15, -0.1) is 0 Å². The van der Waals surface area contributed by atoms with E-state index >= 15 is 0 Å². The van der Waals surface area contributed by atoms with Gasteiger partial charge in [0.1, 0.15) is 10.8 Å². The standard InChI is InChI=1S/C16H20Cl2N2O2/c1-10(22-14-4-2-3-13(17)15(14)18)16(21)20-11-5-6-12(20)9-19-8-7-11/h2-4,10-12,19H,5-9H2,1H3. The number of amides is 1. The zero-order valence-corrected chi connectivity index (χ0v) is 14.0. The second kappa shape index (κ2) is 6.65. The number of carbonyl (C=O) groups is 1. The number of rotatable bonds is 3. The van der Waals surface area contributed by atoms with E-state index in [9.17, 15) is 4.79 Å². The van der Waals surface area contributed by atoms with Crippen molar-refractivity contribution < 1.29 is 9.53 Å². The summed E-state index contributed by atoms with van der Waals surface area (Å²) in [4.78, 5) is 14.8. The number of fused-ring (bicyclic) bond motifs is 2. The lowest BCUT2D eigenvalue weighted by molar-refractivity contribution is -0.140. The Labute approximate surface area is 140 Å². The summed E-state index contributed by atoms with van der Waals surface area (Å²) in [6, 6.07) is 5.80. The molecule has 0 aromatic heterocycles. The molecule has 3 rings (SSSR count). The van der Waals surface area contributed by atoms with Crippen LogP contribution < -0.4 is 10.1 Å².